The summed E-state index contributed by atoms with van der Waals surface area (Å²) in [7, 11) is 0. The van der Waals surface area contributed by atoms with Crippen molar-refractivity contribution in [3.63, 3.8) is 0 Å². The molecule has 22 heavy (non-hydrogen) atoms. The zero-order chi connectivity index (χ0) is 15.5. The van der Waals surface area contributed by atoms with Crippen molar-refractivity contribution in [2.75, 3.05) is 0 Å². The molecular weight excluding hydrogens is 280 g/mol. The molecule has 0 aliphatic carbocycles. The maximum absolute atomic E-state index is 10.6. The molecule has 0 spiro atoms. The van der Waals surface area contributed by atoms with Crippen LogP contribution in [-0.2, 0) is 0 Å². The molecule has 0 bridgehead atoms. The summed E-state index contributed by atoms with van der Waals surface area (Å²) in [4.78, 5) is 14.4. The first kappa shape index (κ1) is 13.8. The number of aliphatic hydroxyl groups is 1. The Morgan fingerprint density at radius 3 is 2.55 bits per heavy atom. The number of rotatable bonds is 3. The summed E-state index contributed by atoms with van der Waals surface area (Å²) in [6.07, 6.45) is 3.24. The summed E-state index contributed by atoms with van der Waals surface area (Å²) in [6, 6.07) is 15.4. The van der Waals surface area contributed by atoms with Gasteiger partial charge in [0.25, 0.3) is 5.69 Å². The van der Waals surface area contributed by atoms with Gasteiger partial charge in [-0.15, -0.1) is 0 Å². The monoisotopic (exact) mass is 292 g/mol. The number of nitro benzene ring substituents is 1. The second kappa shape index (κ2) is 5.65. The van der Waals surface area contributed by atoms with Crippen molar-refractivity contribution in [3.05, 3.63) is 82.2 Å². The molecule has 108 valence electrons. The standard InChI is InChI=1S/C17H12N2O3/c20-17(13-5-7-14(8-6-13)19(21)22)11-16-15-4-2-1-3-12(15)9-10-18-16/h1-11,20H/b17-11-. The molecule has 0 atom stereocenters. The van der Waals surface area contributed by atoms with E-state index in [1.165, 1.54) is 24.3 Å². The maximum atomic E-state index is 10.6. The van der Waals surface area contributed by atoms with Crippen molar-refractivity contribution in [2.24, 2.45) is 0 Å². The first-order chi connectivity index (χ1) is 10.6. The molecule has 1 aromatic heterocycles. The molecule has 0 unspecified atom stereocenters. The van der Waals surface area contributed by atoms with Gasteiger partial charge in [0.2, 0.25) is 0 Å². The van der Waals surface area contributed by atoms with E-state index in [4.69, 9.17) is 0 Å². The Bertz CT molecular complexity index is 865. The maximum Gasteiger partial charge on any atom is 0.269 e. The zero-order valence-corrected chi connectivity index (χ0v) is 11.5. The Hall–Kier alpha value is -3.21. The number of pyridine rings is 1. The van der Waals surface area contributed by atoms with Crippen LogP contribution in [0, 0.1) is 10.1 Å². The SMILES string of the molecule is O=[N+]([O-])c1ccc(/C(O)=C/c2nccc3ccccc23)cc1. The minimum atomic E-state index is -0.475. The van der Waals surface area contributed by atoms with Crippen LogP contribution < -0.4 is 0 Å². The van der Waals surface area contributed by atoms with Crippen LogP contribution in [0.25, 0.3) is 22.6 Å². The van der Waals surface area contributed by atoms with Gasteiger partial charge in [0.1, 0.15) is 5.76 Å². The van der Waals surface area contributed by atoms with Gasteiger partial charge in [-0.3, -0.25) is 15.1 Å². The average molecular weight is 292 g/mol. The predicted molar refractivity (Wildman–Crippen MR) is 85.3 cm³/mol. The van der Waals surface area contributed by atoms with Crippen molar-refractivity contribution in [3.8, 4) is 0 Å². The minimum Gasteiger partial charge on any atom is -0.507 e. The quantitative estimate of drug-likeness (QED) is 0.446. The van der Waals surface area contributed by atoms with Crippen LogP contribution in [0.1, 0.15) is 11.3 Å². The second-order valence-corrected chi connectivity index (χ2v) is 4.75. The van der Waals surface area contributed by atoms with E-state index in [-0.39, 0.29) is 11.4 Å². The Morgan fingerprint density at radius 1 is 1.09 bits per heavy atom. The molecule has 5 nitrogen and oxygen atoms in total. The number of nitro groups is 1. The number of benzene rings is 2. The number of fused-ring (bicyclic) bond motifs is 1. The zero-order valence-electron chi connectivity index (χ0n) is 11.5. The smallest absolute Gasteiger partial charge is 0.269 e. The van der Waals surface area contributed by atoms with Crippen LogP contribution in [0.4, 0.5) is 5.69 Å². The van der Waals surface area contributed by atoms with E-state index in [1.807, 2.05) is 30.3 Å². The van der Waals surface area contributed by atoms with Gasteiger partial charge in [0, 0.05) is 35.4 Å². The third-order valence-corrected chi connectivity index (χ3v) is 3.35. The fourth-order valence-corrected chi connectivity index (χ4v) is 2.22. The predicted octanol–water partition coefficient (Wildman–Crippen LogP) is 4.20. The van der Waals surface area contributed by atoms with E-state index in [0.29, 0.717) is 11.3 Å². The summed E-state index contributed by atoms with van der Waals surface area (Å²) >= 11 is 0. The number of aromatic nitrogens is 1. The Balaban J connectivity index is 2.01. The molecule has 2 aromatic carbocycles. The van der Waals surface area contributed by atoms with Crippen LogP contribution in [0.2, 0.25) is 0 Å². The van der Waals surface area contributed by atoms with Crippen LogP contribution in [-0.4, -0.2) is 15.0 Å². The molecule has 1 N–H and O–H groups in total. The highest BCUT2D eigenvalue weighted by Gasteiger charge is 2.07. The van der Waals surface area contributed by atoms with Crippen LogP contribution in [0.15, 0.2) is 60.8 Å². The normalized spacial score (nSPS) is 11.5. The topological polar surface area (TPSA) is 76.3 Å². The fraction of sp³-hybridized carbons (Fsp3) is 0. The van der Waals surface area contributed by atoms with Crippen molar-refractivity contribution in [1.29, 1.82) is 0 Å². The third-order valence-electron chi connectivity index (χ3n) is 3.35. The van der Waals surface area contributed by atoms with Gasteiger partial charge in [-0.2, -0.15) is 0 Å². The lowest BCUT2D eigenvalue weighted by atomic mass is 10.1. The lowest BCUT2D eigenvalue weighted by Gasteiger charge is -2.03. The number of hydrogen-bond donors (Lipinski definition) is 1. The Morgan fingerprint density at radius 2 is 1.82 bits per heavy atom. The van der Waals surface area contributed by atoms with Gasteiger partial charge in [-0.05, 0) is 23.6 Å². The van der Waals surface area contributed by atoms with Crippen molar-refractivity contribution in [1.82, 2.24) is 4.98 Å². The molecule has 0 amide bonds. The van der Waals surface area contributed by atoms with Gasteiger partial charge in [0.15, 0.2) is 0 Å². The molecule has 1 heterocycles. The largest absolute Gasteiger partial charge is 0.507 e. The highest BCUT2D eigenvalue weighted by molar-refractivity contribution is 5.92. The van der Waals surface area contributed by atoms with Crippen LogP contribution >= 0.6 is 0 Å². The minimum absolute atomic E-state index is 0.0127. The van der Waals surface area contributed by atoms with E-state index >= 15 is 0 Å². The average Bonchev–Trinajstić information content (AvgIpc) is 2.55. The molecule has 0 aliphatic rings. The van der Waals surface area contributed by atoms with Crippen molar-refractivity contribution >= 4 is 28.3 Å². The molecule has 0 radical (unpaired) electrons. The van der Waals surface area contributed by atoms with Gasteiger partial charge in [-0.1, -0.05) is 24.3 Å². The number of nitrogens with zero attached hydrogens (tertiary/aromatic N) is 2. The van der Waals surface area contributed by atoms with Gasteiger partial charge < -0.3 is 5.11 Å². The lowest BCUT2D eigenvalue weighted by molar-refractivity contribution is -0.384. The summed E-state index contributed by atoms with van der Waals surface area (Å²) < 4.78 is 0. The van der Waals surface area contributed by atoms with E-state index in [0.717, 1.165) is 10.8 Å². The summed E-state index contributed by atoms with van der Waals surface area (Å²) in [5.74, 6) is 0.0127. The lowest BCUT2D eigenvalue weighted by Crippen LogP contribution is -1.90. The fourth-order valence-electron chi connectivity index (χ4n) is 2.22. The molecule has 3 aromatic rings. The number of aliphatic hydroxyl groups excluding tert-OH is 1. The van der Waals surface area contributed by atoms with E-state index in [2.05, 4.69) is 4.98 Å². The van der Waals surface area contributed by atoms with Crippen molar-refractivity contribution in [2.45, 2.75) is 0 Å². The highest BCUT2D eigenvalue weighted by atomic mass is 16.6. The molecule has 0 aliphatic heterocycles. The Kier molecular flexibility index (Phi) is 3.53. The van der Waals surface area contributed by atoms with E-state index < -0.39 is 4.92 Å². The molecule has 3 rings (SSSR count). The second-order valence-electron chi connectivity index (χ2n) is 4.75. The van der Waals surface area contributed by atoms with E-state index in [9.17, 15) is 15.2 Å². The van der Waals surface area contributed by atoms with Crippen LogP contribution in [0.5, 0.6) is 0 Å². The van der Waals surface area contributed by atoms with E-state index in [1.54, 1.807) is 12.3 Å². The number of hydrogen-bond acceptors (Lipinski definition) is 4. The first-order valence-electron chi connectivity index (χ1n) is 6.64. The summed E-state index contributed by atoms with van der Waals surface area (Å²) in [6.45, 7) is 0. The van der Waals surface area contributed by atoms with Gasteiger partial charge in [-0.25, -0.2) is 0 Å². The molecule has 0 saturated carbocycles. The molecule has 0 fully saturated rings. The molecule has 0 saturated heterocycles. The van der Waals surface area contributed by atoms with Gasteiger partial charge >= 0.3 is 0 Å². The molecule has 5 heteroatoms. The molecular formula is C17H12N2O3. The van der Waals surface area contributed by atoms with Crippen molar-refractivity contribution < 1.29 is 10.0 Å². The number of non-ortho nitro benzene ring substituents is 1. The third kappa shape index (κ3) is 2.64. The Labute approximate surface area is 126 Å². The van der Waals surface area contributed by atoms with Gasteiger partial charge in [0.05, 0.1) is 10.6 Å². The van der Waals surface area contributed by atoms with Crippen LogP contribution in [0.3, 0.4) is 0 Å². The summed E-state index contributed by atoms with van der Waals surface area (Å²) in [5, 5.41) is 22.8. The first-order valence-corrected chi connectivity index (χ1v) is 6.64. The summed E-state index contributed by atoms with van der Waals surface area (Å²) in [5.41, 5.74) is 1.13. The highest BCUT2D eigenvalue weighted by Crippen LogP contribution is 2.22.